The van der Waals surface area contributed by atoms with Crippen molar-refractivity contribution >= 4 is 21.7 Å². The number of hydrazine groups is 1. The maximum atomic E-state index is 5.33. The molecule has 0 unspecified atom stereocenters. The number of hydrogen-bond donors (Lipinski definition) is 2. The minimum atomic E-state index is 0.504. The number of nitrogens with one attached hydrogen (secondary N) is 1. The third-order valence-corrected chi connectivity index (χ3v) is 2.05. The van der Waals surface area contributed by atoms with Gasteiger partial charge in [-0.25, -0.2) is 15.8 Å². The van der Waals surface area contributed by atoms with Crippen LogP contribution in [0.5, 0.6) is 5.88 Å². The molecule has 0 aliphatic heterocycles. The van der Waals surface area contributed by atoms with Gasteiger partial charge in [-0.05, 0) is 22.4 Å². The third kappa shape index (κ3) is 2.53. The van der Waals surface area contributed by atoms with Gasteiger partial charge in [-0.15, -0.1) is 0 Å². The molecule has 0 bridgehead atoms. The lowest BCUT2D eigenvalue weighted by Crippen LogP contribution is -2.10. The highest BCUT2D eigenvalue weighted by Gasteiger charge is 2.07. The van der Waals surface area contributed by atoms with Crippen molar-refractivity contribution in [3.63, 3.8) is 0 Å². The van der Waals surface area contributed by atoms with E-state index in [0.29, 0.717) is 22.8 Å². The second kappa shape index (κ2) is 4.98. The van der Waals surface area contributed by atoms with E-state index in [1.165, 1.54) is 6.33 Å². The van der Waals surface area contributed by atoms with Gasteiger partial charge in [0, 0.05) is 0 Å². The first-order valence-electron chi connectivity index (χ1n) is 3.89. The van der Waals surface area contributed by atoms with Gasteiger partial charge in [0.2, 0.25) is 5.88 Å². The Kier molecular flexibility index (Phi) is 3.91. The van der Waals surface area contributed by atoms with Crippen LogP contribution in [0.4, 0.5) is 5.82 Å². The monoisotopic (exact) mass is 246 g/mol. The zero-order valence-corrected chi connectivity index (χ0v) is 8.84. The lowest BCUT2D eigenvalue weighted by molar-refractivity contribution is 0.303. The van der Waals surface area contributed by atoms with E-state index in [1.54, 1.807) is 0 Å². The largest absolute Gasteiger partial charge is 0.477 e. The second-order valence-electron chi connectivity index (χ2n) is 2.33. The summed E-state index contributed by atoms with van der Waals surface area (Å²) >= 11 is 3.28. The fraction of sp³-hybridized carbons (Fsp3) is 0.429. The Morgan fingerprint density at radius 3 is 3.00 bits per heavy atom. The van der Waals surface area contributed by atoms with E-state index >= 15 is 0 Å². The van der Waals surface area contributed by atoms with Crippen molar-refractivity contribution in [2.45, 2.75) is 13.3 Å². The molecule has 72 valence electrons. The van der Waals surface area contributed by atoms with Gasteiger partial charge in [-0.2, -0.15) is 0 Å². The molecule has 6 heteroatoms. The molecule has 1 rings (SSSR count). The van der Waals surface area contributed by atoms with Gasteiger partial charge in [0.05, 0.1) is 6.61 Å². The molecular formula is C7H11BrN4O. The van der Waals surface area contributed by atoms with Crippen molar-refractivity contribution in [1.29, 1.82) is 0 Å². The number of nitrogens with two attached hydrogens (primary N) is 1. The van der Waals surface area contributed by atoms with Gasteiger partial charge in [-0.1, -0.05) is 6.92 Å². The summed E-state index contributed by atoms with van der Waals surface area (Å²) < 4.78 is 5.98. The van der Waals surface area contributed by atoms with Crippen molar-refractivity contribution in [2.24, 2.45) is 5.84 Å². The van der Waals surface area contributed by atoms with Crippen LogP contribution in [0.2, 0.25) is 0 Å². The van der Waals surface area contributed by atoms with Crippen molar-refractivity contribution in [3.05, 3.63) is 10.8 Å². The molecule has 0 aromatic carbocycles. The van der Waals surface area contributed by atoms with Crippen molar-refractivity contribution < 1.29 is 4.74 Å². The Bertz CT molecular complexity index is 281. The number of anilines is 1. The summed E-state index contributed by atoms with van der Waals surface area (Å²) in [4.78, 5) is 7.84. The second-order valence-corrected chi connectivity index (χ2v) is 3.13. The zero-order chi connectivity index (χ0) is 9.68. The Labute approximate surface area is 84.8 Å². The van der Waals surface area contributed by atoms with E-state index in [1.807, 2.05) is 6.92 Å². The van der Waals surface area contributed by atoms with E-state index in [-0.39, 0.29) is 0 Å². The van der Waals surface area contributed by atoms with Gasteiger partial charge in [0.25, 0.3) is 0 Å². The highest BCUT2D eigenvalue weighted by Crippen LogP contribution is 2.27. The number of halogens is 1. The van der Waals surface area contributed by atoms with Crippen molar-refractivity contribution in [3.8, 4) is 5.88 Å². The van der Waals surface area contributed by atoms with Crippen molar-refractivity contribution in [1.82, 2.24) is 9.97 Å². The third-order valence-electron chi connectivity index (χ3n) is 1.34. The molecule has 0 aliphatic carbocycles. The lowest BCUT2D eigenvalue weighted by atomic mass is 10.5. The Hall–Kier alpha value is -0.880. The molecule has 0 aliphatic rings. The number of ether oxygens (including phenoxy) is 1. The normalized spacial score (nSPS) is 9.77. The molecule has 3 N–H and O–H groups in total. The van der Waals surface area contributed by atoms with Crippen LogP contribution >= 0.6 is 15.9 Å². The van der Waals surface area contributed by atoms with Crippen LogP contribution in [-0.2, 0) is 0 Å². The summed E-state index contributed by atoms with van der Waals surface area (Å²) in [5.74, 6) is 6.24. The van der Waals surface area contributed by atoms with Gasteiger partial charge >= 0.3 is 0 Å². The zero-order valence-electron chi connectivity index (χ0n) is 7.25. The van der Waals surface area contributed by atoms with Crippen LogP contribution < -0.4 is 16.0 Å². The van der Waals surface area contributed by atoms with Crippen LogP contribution in [0, 0.1) is 0 Å². The fourth-order valence-electron chi connectivity index (χ4n) is 0.754. The predicted molar refractivity (Wildman–Crippen MR) is 53.3 cm³/mol. The first kappa shape index (κ1) is 10.2. The summed E-state index contributed by atoms with van der Waals surface area (Å²) in [7, 11) is 0. The highest BCUT2D eigenvalue weighted by atomic mass is 79.9. The smallest absolute Gasteiger partial charge is 0.233 e. The first-order valence-corrected chi connectivity index (χ1v) is 4.68. The van der Waals surface area contributed by atoms with E-state index in [2.05, 4.69) is 31.3 Å². The number of rotatable bonds is 4. The number of nitrogens with zero attached hydrogens (tertiary/aromatic N) is 2. The summed E-state index contributed by atoms with van der Waals surface area (Å²) in [6.45, 7) is 2.65. The SMILES string of the molecule is CCCOc1ncnc(NN)c1Br. The highest BCUT2D eigenvalue weighted by molar-refractivity contribution is 9.10. The summed E-state index contributed by atoms with van der Waals surface area (Å²) in [5.41, 5.74) is 2.43. The van der Waals surface area contributed by atoms with Crippen LogP contribution in [0.25, 0.3) is 0 Å². The molecule has 1 aromatic rings. The predicted octanol–water partition coefficient (Wildman–Crippen LogP) is 1.31. The molecule has 1 aromatic heterocycles. The average Bonchev–Trinajstić information content (AvgIpc) is 2.16. The number of hydrogen-bond acceptors (Lipinski definition) is 5. The molecule has 13 heavy (non-hydrogen) atoms. The summed E-state index contributed by atoms with van der Waals surface area (Å²) in [6.07, 6.45) is 2.33. The molecule has 0 fully saturated rings. The molecule has 0 amide bonds. The summed E-state index contributed by atoms with van der Waals surface area (Å²) in [6, 6.07) is 0. The summed E-state index contributed by atoms with van der Waals surface area (Å²) in [5, 5.41) is 0. The Balaban J connectivity index is 2.81. The first-order chi connectivity index (χ1) is 6.29. The lowest BCUT2D eigenvalue weighted by Gasteiger charge is -2.07. The van der Waals surface area contributed by atoms with Gasteiger partial charge in [0.15, 0.2) is 5.82 Å². The van der Waals surface area contributed by atoms with E-state index in [9.17, 15) is 0 Å². The minimum Gasteiger partial charge on any atom is -0.477 e. The van der Waals surface area contributed by atoms with E-state index in [4.69, 9.17) is 10.6 Å². The number of nitrogen functional groups attached to an aromatic ring is 1. The Morgan fingerprint density at radius 2 is 2.38 bits per heavy atom. The number of aromatic nitrogens is 2. The molecule has 1 heterocycles. The topological polar surface area (TPSA) is 73.1 Å². The van der Waals surface area contributed by atoms with Crippen LogP contribution in [0.1, 0.15) is 13.3 Å². The molecule has 0 saturated carbocycles. The standard InChI is InChI=1S/C7H11BrN4O/c1-2-3-13-7-5(8)6(12-9)10-4-11-7/h4H,2-3,9H2,1H3,(H,10,11,12). The van der Waals surface area contributed by atoms with Crippen LogP contribution in [0.15, 0.2) is 10.8 Å². The van der Waals surface area contributed by atoms with Gasteiger partial charge in [-0.3, -0.25) is 0 Å². The maximum absolute atomic E-state index is 5.33. The average molecular weight is 247 g/mol. The van der Waals surface area contributed by atoms with Gasteiger partial charge < -0.3 is 10.2 Å². The quantitative estimate of drug-likeness (QED) is 0.620. The van der Waals surface area contributed by atoms with Crippen LogP contribution in [0.3, 0.4) is 0 Å². The van der Waals surface area contributed by atoms with E-state index < -0.39 is 0 Å². The molecular weight excluding hydrogens is 236 g/mol. The molecule has 0 spiro atoms. The molecule has 0 saturated heterocycles. The fourth-order valence-corrected chi connectivity index (χ4v) is 1.19. The van der Waals surface area contributed by atoms with Crippen LogP contribution in [-0.4, -0.2) is 16.6 Å². The van der Waals surface area contributed by atoms with E-state index in [0.717, 1.165) is 6.42 Å². The molecule has 5 nitrogen and oxygen atoms in total. The molecule has 0 radical (unpaired) electrons. The Morgan fingerprint density at radius 1 is 1.62 bits per heavy atom. The maximum Gasteiger partial charge on any atom is 0.233 e. The van der Waals surface area contributed by atoms with Gasteiger partial charge in [0.1, 0.15) is 10.8 Å². The minimum absolute atomic E-state index is 0.504. The van der Waals surface area contributed by atoms with Crippen molar-refractivity contribution in [2.75, 3.05) is 12.0 Å². The molecule has 0 atom stereocenters.